The molecule has 1 aliphatic rings. The average molecular weight is 454 g/mol. The van der Waals surface area contributed by atoms with E-state index in [1.54, 1.807) is 7.11 Å². The highest BCUT2D eigenvalue weighted by Crippen LogP contribution is 2.19. The van der Waals surface area contributed by atoms with E-state index in [0.29, 0.717) is 12.3 Å². The lowest BCUT2D eigenvalue weighted by atomic mass is 9.96. The van der Waals surface area contributed by atoms with Gasteiger partial charge in [-0.25, -0.2) is 0 Å². The Balaban J connectivity index is 0.00000225. The zero-order valence-electron chi connectivity index (χ0n) is 17.5. The lowest BCUT2D eigenvalue weighted by Gasteiger charge is -2.32. The molecule has 5 nitrogen and oxygen atoms in total. The number of likely N-dealkylation sites (tertiary alicyclic amines) is 1. The highest BCUT2D eigenvalue weighted by Gasteiger charge is 2.21. The van der Waals surface area contributed by atoms with Gasteiger partial charge in [0.1, 0.15) is 5.75 Å². The fraction of sp³-hybridized carbons (Fsp3) is 0.435. The fourth-order valence-electron chi connectivity index (χ4n) is 3.67. The Morgan fingerprint density at radius 1 is 1.07 bits per heavy atom. The van der Waals surface area contributed by atoms with Crippen LogP contribution in [0.5, 0.6) is 5.75 Å². The molecular formula is C23H33Cl2N3O2. The molecular weight excluding hydrogens is 421 g/mol. The zero-order chi connectivity index (χ0) is 19.8. The minimum absolute atomic E-state index is 0. The van der Waals surface area contributed by atoms with Gasteiger partial charge in [-0.2, -0.15) is 0 Å². The Kier molecular flexibility index (Phi) is 11.8. The predicted octanol–water partition coefficient (Wildman–Crippen LogP) is 3.44. The SMILES string of the molecule is COc1ccc(CN2CCC(CNC(=O)C(N)Cc3ccccc3)CC2)cc1.Cl.Cl. The maximum absolute atomic E-state index is 12.3. The summed E-state index contributed by atoms with van der Waals surface area (Å²) in [6.45, 7) is 3.80. The molecule has 0 spiro atoms. The van der Waals surface area contributed by atoms with E-state index in [-0.39, 0.29) is 30.7 Å². The normalized spacial score (nSPS) is 15.4. The van der Waals surface area contributed by atoms with Gasteiger partial charge in [-0.05, 0) is 61.5 Å². The van der Waals surface area contributed by atoms with Crippen molar-refractivity contribution in [2.75, 3.05) is 26.7 Å². The number of piperidine rings is 1. The van der Waals surface area contributed by atoms with E-state index in [4.69, 9.17) is 10.5 Å². The first kappa shape index (κ1) is 26.2. The Bertz CT molecular complexity index is 736. The van der Waals surface area contributed by atoms with Crippen LogP contribution in [-0.2, 0) is 17.8 Å². The van der Waals surface area contributed by atoms with Crippen molar-refractivity contribution in [2.45, 2.75) is 31.8 Å². The first-order valence-corrected chi connectivity index (χ1v) is 10.1. The molecule has 0 aliphatic carbocycles. The maximum atomic E-state index is 12.3. The summed E-state index contributed by atoms with van der Waals surface area (Å²) in [7, 11) is 1.69. The van der Waals surface area contributed by atoms with Crippen molar-refractivity contribution in [3.8, 4) is 5.75 Å². The smallest absolute Gasteiger partial charge is 0.237 e. The van der Waals surface area contributed by atoms with E-state index in [9.17, 15) is 4.79 Å². The Morgan fingerprint density at radius 2 is 1.70 bits per heavy atom. The van der Waals surface area contributed by atoms with Crippen molar-refractivity contribution in [1.29, 1.82) is 0 Å². The van der Waals surface area contributed by atoms with Gasteiger partial charge >= 0.3 is 0 Å². The zero-order valence-corrected chi connectivity index (χ0v) is 19.1. The minimum atomic E-state index is -0.488. The minimum Gasteiger partial charge on any atom is -0.497 e. The molecule has 166 valence electrons. The molecule has 0 bridgehead atoms. The first-order chi connectivity index (χ1) is 13.6. The molecule has 1 aliphatic heterocycles. The molecule has 1 amide bonds. The van der Waals surface area contributed by atoms with Crippen LogP contribution in [0.15, 0.2) is 54.6 Å². The summed E-state index contributed by atoms with van der Waals surface area (Å²) in [4.78, 5) is 14.8. The number of benzene rings is 2. The molecule has 7 heteroatoms. The number of ether oxygens (including phenoxy) is 1. The Labute approximate surface area is 192 Å². The second-order valence-electron chi connectivity index (χ2n) is 7.61. The standard InChI is InChI=1S/C23H31N3O2.2ClH/c1-28-21-9-7-20(8-10-21)17-26-13-11-19(12-14-26)16-25-23(27)22(24)15-18-5-3-2-4-6-18;;/h2-10,19,22H,11-17,24H2,1H3,(H,25,27);2*1H. The second-order valence-corrected chi connectivity index (χ2v) is 7.61. The molecule has 2 aromatic carbocycles. The van der Waals surface area contributed by atoms with Crippen molar-refractivity contribution in [3.63, 3.8) is 0 Å². The topological polar surface area (TPSA) is 67.6 Å². The van der Waals surface area contributed by atoms with Crippen molar-refractivity contribution < 1.29 is 9.53 Å². The molecule has 1 unspecified atom stereocenters. The van der Waals surface area contributed by atoms with Gasteiger partial charge in [0.05, 0.1) is 13.2 Å². The number of rotatable bonds is 8. The molecule has 0 radical (unpaired) electrons. The average Bonchev–Trinajstić information content (AvgIpc) is 2.74. The van der Waals surface area contributed by atoms with E-state index < -0.39 is 6.04 Å². The number of halogens is 2. The number of carbonyl (C=O) groups is 1. The monoisotopic (exact) mass is 453 g/mol. The van der Waals surface area contributed by atoms with Crippen LogP contribution in [0.1, 0.15) is 24.0 Å². The third-order valence-corrected chi connectivity index (χ3v) is 5.47. The molecule has 1 saturated heterocycles. The Hall–Kier alpha value is -1.79. The second kappa shape index (κ2) is 13.5. The molecule has 0 aromatic heterocycles. The van der Waals surface area contributed by atoms with Gasteiger partial charge in [0.15, 0.2) is 0 Å². The molecule has 0 saturated carbocycles. The van der Waals surface area contributed by atoms with E-state index in [0.717, 1.165) is 50.3 Å². The molecule has 1 heterocycles. The van der Waals surface area contributed by atoms with Gasteiger partial charge in [-0.3, -0.25) is 9.69 Å². The number of amides is 1. The summed E-state index contributed by atoms with van der Waals surface area (Å²) in [6.07, 6.45) is 2.78. The number of hydrogen-bond donors (Lipinski definition) is 2. The molecule has 3 N–H and O–H groups in total. The molecule has 30 heavy (non-hydrogen) atoms. The largest absolute Gasteiger partial charge is 0.497 e. The molecule has 1 atom stereocenters. The summed E-state index contributed by atoms with van der Waals surface area (Å²) >= 11 is 0. The van der Waals surface area contributed by atoms with Crippen molar-refractivity contribution in [2.24, 2.45) is 11.7 Å². The fourth-order valence-corrected chi connectivity index (χ4v) is 3.67. The van der Waals surface area contributed by atoms with Crippen LogP contribution >= 0.6 is 24.8 Å². The van der Waals surface area contributed by atoms with Crippen molar-refractivity contribution in [1.82, 2.24) is 10.2 Å². The summed E-state index contributed by atoms with van der Waals surface area (Å²) in [5, 5.41) is 3.05. The van der Waals surface area contributed by atoms with E-state index >= 15 is 0 Å². The first-order valence-electron chi connectivity index (χ1n) is 10.1. The summed E-state index contributed by atoms with van der Waals surface area (Å²) in [6, 6.07) is 17.7. The Morgan fingerprint density at radius 3 is 2.30 bits per heavy atom. The van der Waals surface area contributed by atoms with Crippen molar-refractivity contribution >= 4 is 30.7 Å². The van der Waals surface area contributed by atoms with Crippen LogP contribution in [0.2, 0.25) is 0 Å². The maximum Gasteiger partial charge on any atom is 0.237 e. The van der Waals surface area contributed by atoms with Crippen LogP contribution in [0, 0.1) is 5.92 Å². The number of carbonyl (C=O) groups excluding carboxylic acids is 1. The lowest BCUT2D eigenvalue weighted by molar-refractivity contribution is -0.122. The summed E-state index contributed by atoms with van der Waals surface area (Å²) in [5.74, 6) is 1.37. The predicted molar refractivity (Wildman–Crippen MR) is 127 cm³/mol. The van der Waals surface area contributed by atoms with E-state index in [1.807, 2.05) is 42.5 Å². The van der Waals surface area contributed by atoms with Crippen LogP contribution in [0.25, 0.3) is 0 Å². The van der Waals surface area contributed by atoms with Gasteiger partial charge in [0, 0.05) is 13.1 Å². The van der Waals surface area contributed by atoms with E-state index in [1.165, 1.54) is 5.56 Å². The number of nitrogens with two attached hydrogens (primary N) is 1. The van der Waals surface area contributed by atoms with Gasteiger partial charge in [-0.1, -0.05) is 42.5 Å². The van der Waals surface area contributed by atoms with Gasteiger partial charge in [-0.15, -0.1) is 24.8 Å². The van der Waals surface area contributed by atoms with Crippen LogP contribution in [0.3, 0.4) is 0 Å². The number of hydrogen-bond acceptors (Lipinski definition) is 4. The van der Waals surface area contributed by atoms with Gasteiger partial charge in [0.2, 0.25) is 5.91 Å². The number of nitrogens with zero attached hydrogens (tertiary/aromatic N) is 1. The van der Waals surface area contributed by atoms with Crippen LogP contribution < -0.4 is 15.8 Å². The van der Waals surface area contributed by atoms with Gasteiger partial charge < -0.3 is 15.8 Å². The summed E-state index contributed by atoms with van der Waals surface area (Å²) < 4.78 is 5.21. The van der Waals surface area contributed by atoms with Crippen LogP contribution in [0.4, 0.5) is 0 Å². The third-order valence-electron chi connectivity index (χ3n) is 5.47. The van der Waals surface area contributed by atoms with E-state index in [2.05, 4.69) is 22.3 Å². The number of nitrogens with one attached hydrogen (secondary N) is 1. The third kappa shape index (κ3) is 8.15. The number of methoxy groups -OCH3 is 1. The van der Waals surface area contributed by atoms with Crippen molar-refractivity contribution in [3.05, 3.63) is 65.7 Å². The summed E-state index contributed by atoms with van der Waals surface area (Å²) in [5.41, 5.74) is 8.46. The highest BCUT2D eigenvalue weighted by molar-refractivity contribution is 5.85. The molecule has 2 aromatic rings. The van der Waals surface area contributed by atoms with Crippen LogP contribution in [-0.4, -0.2) is 43.6 Å². The molecule has 3 rings (SSSR count). The lowest BCUT2D eigenvalue weighted by Crippen LogP contribution is -2.45. The quantitative estimate of drug-likeness (QED) is 0.642. The molecule has 1 fully saturated rings. The van der Waals surface area contributed by atoms with Gasteiger partial charge in [0.25, 0.3) is 0 Å². The highest BCUT2D eigenvalue weighted by atomic mass is 35.5.